The zero-order chi connectivity index (χ0) is 10.2. The molecule has 2 N–H and O–H groups in total. The third kappa shape index (κ3) is 1.88. The van der Waals surface area contributed by atoms with E-state index in [4.69, 9.17) is 5.73 Å². The van der Waals surface area contributed by atoms with E-state index in [0.717, 1.165) is 0 Å². The van der Waals surface area contributed by atoms with Crippen molar-refractivity contribution in [2.45, 2.75) is 6.18 Å². The van der Waals surface area contributed by atoms with Crippen LogP contribution in [-0.2, 0) is 6.18 Å². The molecular weight excluding hydrogens is 193 g/mol. The third-order valence-electron chi connectivity index (χ3n) is 1.37. The predicted molar refractivity (Wildman–Crippen MR) is 35.8 cm³/mol. The molecule has 0 amide bonds. The van der Waals surface area contributed by atoms with Gasteiger partial charge in [-0.15, -0.1) is 0 Å². The minimum absolute atomic E-state index is 0.138. The van der Waals surface area contributed by atoms with Gasteiger partial charge in [0.2, 0.25) is 0 Å². The van der Waals surface area contributed by atoms with Gasteiger partial charge in [0.15, 0.2) is 0 Å². The fourth-order valence-electron chi connectivity index (χ4n) is 0.893. The molecule has 1 rings (SSSR count). The van der Waals surface area contributed by atoms with E-state index in [2.05, 4.69) is 0 Å². The van der Waals surface area contributed by atoms with Crippen molar-refractivity contribution in [3.05, 3.63) is 29.3 Å². The molecule has 0 aliphatic carbocycles. The van der Waals surface area contributed by atoms with Crippen LogP contribution in [0.3, 0.4) is 0 Å². The van der Waals surface area contributed by atoms with Crippen LogP contribution < -0.4 is 5.73 Å². The van der Waals surface area contributed by atoms with Gasteiger partial charge < -0.3 is 5.73 Å². The van der Waals surface area contributed by atoms with E-state index in [-0.39, 0.29) is 6.07 Å². The average Bonchev–Trinajstić information content (AvgIpc) is 1.78. The van der Waals surface area contributed by atoms with E-state index in [1.807, 2.05) is 0 Å². The van der Waals surface area contributed by atoms with Crippen molar-refractivity contribution in [1.29, 1.82) is 0 Å². The van der Waals surface area contributed by atoms with Crippen LogP contribution in [0.5, 0.6) is 0 Å². The first-order valence-corrected chi connectivity index (χ1v) is 3.14. The summed E-state index contributed by atoms with van der Waals surface area (Å²) in [4.78, 5) is 0. The van der Waals surface area contributed by atoms with Gasteiger partial charge in [-0.2, -0.15) is 13.2 Å². The number of nitrogen functional groups attached to an aromatic ring is 1. The van der Waals surface area contributed by atoms with E-state index < -0.39 is 29.1 Å². The average molecular weight is 197 g/mol. The maximum absolute atomic E-state index is 12.6. The van der Waals surface area contributed by atoms with E-state index >= 15 is 0 Å². The van der Waals surface area contributed by atoms with Crippen LogP contribution in [0.15, 0.2) is 12.1 Å². The van der Waals surface area contributed by atoms with Gasteiger partial charge in [0.25, 0.3) is 0 Å². The lowest BCUT2D eigenvalue weighted by atomic mass is 10.1. The molecule has 0 radical (unpaired) electrons. The van der Waals surface area contributed by atoms with Gasteiger partial charge in [-0.05, 0) is 6.07 Å². The number of anilines is 1. The number of hydrogen-bond donors (Lipinski definition) is 1. The molecule has 0 atom stereocenters. The zero-order valence-electron chi connectivity index (χ0n) is 6.12. The second-order valence-electron chi connectivity index (χ2n) is 2.35. The predicted octanol–water partition coefficient (Wildman–Crippen LogP) is 2.57. The molecule has 0 saturated carbocycles. The fraction of sp³-hybridized carbons (Fsp3) is 0.143. The monoisotopic (exact) mass is 197 g/mol. The first-order chi connectivity index (χ1) is 5.82. The first kappa shape index (κ1) is 9.76. The molecule has 0 spiro atoms. The van der Waals surface area contributed by atoms with Crippen molar-refractivity contribution in [3.8, 4) is 0 Å². The van der Waals surface area contributed by atoms with Crippen molar-refractivity contribution in [1.82, 2.24) is 0 Å². The van der Waals surface area contributed by atoms with Crippen LogP contribution in [-0.4, -0.2) is 0 Å². The smallest absolute Gasteiger partial charge is 0.398 e. The molecule has 1 nitrogen and oxygen atoms in total. The van der Waals surface area contributed by atoms with E-state index in [1.165, 1.54) is 0 Å². The fourth-order valence-corrected chi connectivity index (χ4v) is 0.893. The molecule has 1 aromatic carbocycles. The molecule has 0 bridgehead atoms. The molecule has 0 aromatic heterocycles. The van der Waals surface area contributed by atoms with Crippen LogP contribution in [0, 0.1) is 11.6 Å². The molecular formula is C7H4F5N. The van der Waals surface area contributed by atoms with Crippen LogP contribution in [0.1, 0.15) is 5.56 Å². The van der Waals surface area contributed by atoms with Gasteiger partial charge in [0, 0.05) is 11.8 Å². The summed E-state index contributed by atoms with van der Waals surface area (Å²) < 4.78 is 60.9. The minimum Gasteiger partial charge on any atom is -0.398 e. The van der Waals surface area contributed by atoms with Crippen LogP contribution in [0.4, 0.5) is 27.6 Å². The first-order valence-electron chi connectivity index (χ1n) is 3.14. The summed E-state index contributed by atoms with van der Waals surface area (Å²) >= 11 is 0. The highest BCUT2D eigenvalue weighted by molar-refractivity contribution is 5.49. The number of hydrogen-bond acceptors (Lipinski definition) is 1. The van der Waals surface area contributed by atoms with E-state index in [0.29, 0.717) is 6.07 Å². The highest BCUT2D eigenvalue weighted by Gasteiger charge is 2.36. The largest absolute Gasteiger partial charge is 0.421 e. The lowest BCUT2D eigenvalue weighted by Gasteiger charge is -2.10. The zero-order valence-corrected chi connectivity index (χ0v) is 6.12. The molecule has 0 heterocycles. The second kappa shape index (κ2) is 2.86. The number of alkyl halides is 3. The highest BCUT2D eigenvalue weighted by Crippen LogP contribution is 2.35. The number of nitrogens with two attached hydrogens (primary N) is 1. The normalized spacial score (nSPS) is 11.8. The van der Waals surface area contributed by atoms with Crippen LogP contribution >= 0.6 is 0 Å². The summed E-state index contributed by atoms with van der Waals surface area (Å²) in [5.41, 5.74) is 2.22. The summed E-state index contributed by atoms with van der Waals surface area (Å²) in [5.74, 6) is -2.84. The van der Waals surface area contributed by atoms with Crippen molar-refractivity contribution in [2.75, 3.05) is 5.73 Å². The number of halogens is 5. The number of benzene rings is 1. The SMILES string of the molecule is Nc1cc(F)cc(F)c1C(F)(F)F. The second-order valence-corrected chi connectivity index (χ2v) is 2.35. The van der Waals surface area contributed by atoms with Gasteiger partial charge in [0.05, 0.1) is 0 Å². The molecule has 1 aromatic rings. The van der Waals surface area contributed by atoms with E-state index in [1.54, 1.807) is 0 Å². The van der Waals surface area contributed by atoms with Crippen molar-refractivity contribution >= 4 is 5.69 Å². The molecule has 13 heavy (non-hydrogen) atoms. The summed E-state index contributed by atoms with van der Waals surface area (Å²) in [7, 11) is 0. The Labute approximate surface area is 70.0 Å². The Balaban J connectivity index is 3.38. The van der Waals surface area contributed by atoms with Crippen molar-refractivity contribution in [2.24, 2.45) is 0 Å². The Bertz CT molecular complexity index is 307. The Morgan fingerprint density at radius 2 is 1.62 bits per heavy atom. The molecule has 0 aliphatic heterocycles. The third-order valence-corrected chi connectivity index (χ3v) is 1.37. The highest BCUT2D eigenvalue weighted by atomic mass is 19.4. The lowest BCUT2D eigenvalue weighted by Crippen LogP contribution is -2.12. The summed E-state index contributed by atoms with van der Waals surface area (Å²) in [6.07, 6.45) is -4.90. The quantitative estimate of drug-likeness (QED) is 0.502. The Morgan fingerprint density at radius 3 is 2.00 bits per heavy atom. The Morgan fingerprint density at radius 1 is 1.08 bits per heavy atom. The molecule has 0 saturated heterocycles. The van der Waals surface area contributed by atoms with E-state index in [9.17, 15) is 22.0 Å². The van der Waals surface area contributed by atoms with Crippen molar-refractivity contribution < 1.29 is 22.0 Å². The standard InChI is InChI=1S/C7H4F5N/c8-3-1-4(9)6(5(13)2-3)7(10,11)12/h1-2H,13H2. The molecule has 0 aliphatic rings. The number of rotatable bonds is 0. The molecule has 72 valence electrons. The Kier molecular flexibility index (Phi) is 2.15. The Hall–Kier alpha value is -1.33. The molecule has 0 unspecified atom stereocenters. The van der Waals surface area contributed by atoms with Gasteiger partial charge >= 0.3 is 6.18 Å². The van der Waals surface area contributed by atoms with Crippen LogP contribution in [0.2, 0.25) is 0 Å². The summed E-state index contributed by atoms with van der Waals surface area (Å²) in [6.45, 7) is 0. The van der Waals surface area contributed by atoms with Gasteiger partial charge in [-0.3, -0.25) is 0 Å². The molecule has 0 fully saturated rings. The molecule has 6 heteroatoms. The van der Waals surface area contributed by atoms with Gasteiger partial charge in [-0.1, -0.05) is 0 Å². The maximum Gasteiger partial charge on any atom is 0.421 e. The summed E-state index contributed by atoms with van der Waals surface area (Å²) in [5, 5.41) is 0. The minimum atomic E-state index is -4.90. The maximum atomic E-state index is 12.6. The summed E-state index contributed by atoms with van der Waals surface area (Å²) in [6, 6.07) is 0.561. The van der Waals surface area contributed by atoms with Gasteiger partial charge in [0.1, 0.15) is 17.2 Å². The van der Waals surface area contributed by atoms with Crippen LogP contribution in [0.25, 0.3) is 0 Å². The van der Waals surface area contributed by atoms with Gasteiger partial charge in [-0.25, -0.2) is 8.78 Å². The lowest BCUT2D eigenvalue weighted by molar-refractivity contribution is -0.139. The topological polar surface area (TPSA) is 26.0 Å². The van der Waals surface area contributed by atoms with Crippen molar-refractivity contribution in [3.63, 3.8) is 0 Å².